The van der Waals surface area contributed by atoms with Gasteiger partial charge in [-0.3, -0.25) is 4.79 Å². The average molecular weight is 332 g/mol. The third-order valence-corrected chi connectivity index (χ3v) is 3.21. The van der Waals surface area contributed by atoms with E-state index in [9.17, 15) is 9.59 Å². The summed E-state index contributed by atoms with van der Waals surface area (Å²) in [6, 6.07) is 10.0. The Kier molecular flexibility index (Phi) is 5.13. The van der Waals surface area contributed by atoms with Crippen LogP contribution in [0.1, 0.15) is 24.4 Å². The Morgan fingerprint density at radius 1 is 1.13 bits per heavy atom. The number of carbonyl (C=O) groups excluding carboxylic acids is 1. The van der Waals surface area contributed by atoms with Crippen LogP contribution in [0.2, 0.25) is 0 Å². The molecule has 1 amide bonds. The molecule has 3 N–H and O–H groups in total. The lowest BCUT2D eigenvalue weighted by Gasteiger charge is -2.11. The van der Waals surface area contributed by atoms with Crippen molar-refractivity contribution in [2.75, 3.05) is 5.32 Å². The van der Waals surface area contributed by atoms with E-state index in [0.29, 0.717) is 11.4 Å². The standard InChI is InChI=1S/C16H16N2O4S/c1-9(2)14(19)18-16(23)17-11-5-3-10(4-6-11)12-7-8-13(22-12)15(20)21/h3-9H,1-2H3,(H,20,21)(H2,17,18,19,23). The van der Waals surface area contributed by atoms with Gasteiger partial charge in [0, 0.05) is 17.2 Å². The van der Waals surface area contributed by atoms with Gasteiger partial charge in [0.05, 0.1) is 0 Å². The monoisotopic (exact) mass is 332 g/mol. The van der Waals surface area contributed by atoms with Gasteiger partial charge in [-0.25, -0.2) is 4.79 Å². The molecule has 1 aromatic carbocycles. The minimum absolute atomic E-state index is 0.111. The molecule has 0 fully saturated rings. The number of benzene rings is 1. The molecule has 2 rings (SSSR count). The van der Waals surface area contributed by atoms with Gasteiger partial charge in [0.1, 0.15) is 5.76 Å². The first kappa shape index (κ1) is 16.7. The summed E-state index contributed by atoms with van der Waals surface area (Å²) in [7, 11) is 0. The van der Waals surface area contributed by atoms with Crippen LogP contribution in [0, 0.1) is 5.92 Å². The molecule has 0 bridgehead atoms. The predicted octanol–water partition coefficient (Wildman–Crippen LogP) is 3.11. The van der Waals surface area contributed by atoms with E-state index in [-0.39, 0.29) is 22.7 Å². The Balaban J connectivity index is 2.03. The largest absolute Gasteiger partial charge is 0.475 e. The summed E-state index contributed by atoms with van der Waals surface area (Å²) >= 11 is 5.06. The summed E-state index contributed by atoms with van der Waals surface area (Å²) in [5.41, 5.74) is 1.44. The van der Waals surface area contributed by atoms with Gasteiger partial charge in [0.2, 0.25) is 11.7 Å². The van der Waals surface area contributed by atoms with Gasteiger partial charge in [0.25, 0.3) is 0 Å². The van der Waals surface area contributed by atoms with Crippen molar-refractivity contribution in [1.82, 2.24) is 5.32 Å². The van der Waals surface area contributed by atoms with Crippen LogP contribution in [0.5, 0.6) is 0 Å². The third kappa shape index (κ3) is 4.40. The number of hydrogen-bond acceptors (Lipinski definition) is 4. The molecule has 7 heteroatoms. The number of amides is 1. The third-order valence-electron chi connectivity index (χ3n) is 3.01. The summed E-state index contributed by atoms with van der Waals surface area (Å²) < 4.78 is 5.23. The van der Waals surface area contributed by atoms with Gasteiger partial charge in [-0.1, -0.05) is 13.8 Å². The Morgan fingerprint density at radius 3 is 2.30 bits per heavy atom. The number of anilines is 1. The fraction of sp³-hybridized carbons (Fsp3) is 0.188. The molecular formula is C16H16N2O4S. The summed E-state index contributed by atoms with van der Waals surface area (Å²) in [6.45, 7) is 3.56. The Hall–Kier alpha value is -2.67. The summed E-state index contributed by atoms with van der Waals surface area (Å²) in [4.78, 5) is 22.3. The fourth-order valence-corrected chi connectivity index (χ4v) is 1.96. The molecule has 0 saturated heterocycles. The lowest BCUT2D eigenvalue weighted by molar-refractivity contribution is -0.122. The molecule has 2 aromatic rings. The van der Waals surface area contributed by atoms with Gasteiger partial charge in [-0.05, 0) is 48.6 Å². The predicted molar refractivity (Wildman–Crippen MR) is 90.3 cm³/mol. The van der Waals surface area contributed by atoms with Crippen LogP contribution in [-0.4, -0.2) is 22.1 Å². The Morgan fingerprint density at radius 2 is 1.78 bits per heavy atom. The van der Waals surface area contributed by atoms with E-state index in [4.69, 9.17) is 21.7 Å². The topological polar surface area (TPSA) is 91.6 Å². The molecule has 0 atom stereocenters. The Bertz CT molecular complexity index is 735. The molecule has 0 spiro atoms. The minimum atomic E-state index is -1.11. The highest BCUT2D eigenvalue weighted by molar-refractivity contribution is 7.80. The second kappa shape index (κ2) is 7.06. The number of carboxylic acids is 1. The van der Waals surface area contributed by atoms with Crippen molar-refractivity contribution in [2.45, 2.75) is 13.8 Å². The van der Waals surface area contributed by atoms with Crippen molar-refractivity contribution in [3.63, 3.8) is 0 Å². The second-order valence-corrected chi connectivity index (χ2v) is 5.55. The smallest absolute Gasteiger partial charge is 0.371 e. The van der Waals surface area contributed by atoms with Gasteiger partial charge in [0.15, 0.2) is 5.11 Å². The Labute approximate surface area is 138 Å². The first-order valence-electron chi connectivity index (χ1n) is 6.92. The zero-order valence-corrected chi connectivity index (χ0v) is 13.4. The molecule has 6 nitrogen and oxygen atoms in total. The van der Waals surface area contributed by atoms with E-state index < -0.39 is 5.97 Å². The maximum Gasteiger partial charge on any atom is 0.371 e. The molecule has 1 heterocycles. The quantitative estimate of drug-likeness (QED) is 0.745. The molecule has 0 saturated carbocycles. The zero-order chi connectivity index (χ0) is 17.0. The number of aromatic carboxylic acids is 1. The zero-order valence-electron chi connectivity index (χ0n) is 12.6. The fourth-order valence-electron chi connectivity index (χ4n) is 1.74. The van der Waals surface area contributed by atoms with Gasteiger partial charge in [-0.2, -0.15) is 0 Å². The van der Waals surface area contributed by atoms with Crippen molar-refractivity contribution in [1.29, 1.82) is 0 Å². The van der Waals surface area contributed by atoms with Crippen LogP contribution in [0.25, 0.3) is 11.3 Å². The molecule has 23 heavy (non-hydrogen) atoms. The van der Waals surface area contributed by atoms with E-state index in [1.807, 2.05) is 0 Å². The normalized spacial score (nSPS) is 10.4. The van der Waals surface area contributed by atoms with Gasteiger partial charge < -0.3 is 20.2 Å². The second-order valence-electron chi connectivity index (χ2n) is 5.14. The number of thiocarbonyl (C=S) groups is 1. The first-order chi connectivity index (χ1) is 10.9. The summed E-state index contributed by atoms with van der Waals surface area (Å²) in [6.07, 6.45) is 0. The molecule has 1 aromatic heterocycles. The van der Waals surface area contributed by atoms with Crippen molar-refractivity contribution < 1.29 is 19.1 Å². The highest BCUT2D eigenvalue weighted by Gasteiger charge is 2.11. The average Bonchev–Trinajstić information content (AvgIpc) is 2.97. The van der Waals surface area contributed by atoms with Crippen molar-refractivity contribution in [3.8, 4) is 11.3 Å². The number of carbonyl (C=O) groups is 2. The van der Waals surface area contributed by atoms with Crippen LogP contribution in [0.15, 0.2) is 40.8 Å². The van der Waals surface area contributed by atoms with Crippen molar-refractivity contribution >= 4 is 34.9 Å². The molecule has 0 radical (unpaired) electrons. The molecule has 0 aliphatic rings. The van der Waals surface area contributed by atoms with Gasteiger partial charge >= 0.3 is 5.97 Å². The molecular weight excluding hydrogens is 316 g/mol. The molecule has 120 valence electrons. The SMILES string of the molecule is CC(C)C(=O)NC(=S)Nc1ccc(-c2ccc(C(=O)O)o2)cc1. The lowest BCUT2D eigenvalue weighted by Crippen LogP contribution is -2.36. The van der Waals surface area contributed by atoms with Crippen molar-refractivity contribution in [2.24, 2.45) is 5.92 Å². The summed E-state index contributed by atoms with van der Waals surface area (Å²) in [5, 5.41) is 14.6. The lowest BCUT2D eigenvalue weighted by atomic mass is 10.1. The summed E-state index contributed by atoms with van der Waals surface area (Å²) in [5.74, 6) is -1.07. The first-order valence-corrected chi connectivity index (χ1v) is 7.33. The van der Waals surface area contributed by atoms with Gasteiger partial charge in [-0.15, -0.1) is 0 Å². The van der Waals surface area contributed by atoms with Crippen LogP contribution in [0.4, 0.5) is 5.69 Å². The van der Waals surface area contributed by atoms with E-state index in [1.165, 1.54) is 6.07 Å². The number of nitrogens with one attached hydrogen (secondary N) is 2. The van der Waals surface area contributed by atoms with Crippen LogP contribution in [-0.2, 0) is 4.79 Å². The maximum atomic E-state index is 11.5. The highest BCUT2D eigenvalue weighted by atomic mass is 32.1. The number of furan rings is 1. The van der Waals surface area contributed by atoms with Crippen LogP contribution in [0.3, 0.4) is 0 Å². The van der Waals surface area contributed by atoms with E-state index in [1.54, 1.807) is 44.2 Å². The molecule has 0 aliphatic carbocycles. The van der Waals surface area contributed by atoms with Crippen LogP contribution >= 0.6 is 12.2 Å². The molecule has 0 unspecified atom stereocenters. The minimum Gasteiger partial charge on any atom is -0.475 e. The van der Waals surface area contributed by atoms with E-state index in [2.05, 4.69) is 10.6 Å². The van der Waals surface area contributed by atoms with E-state index in [0.717, 1.165) is 5.56 Å². The number of hydrogen-bond donors (Lipinski definition) is 3. The number of rotatable bonds is 4. The molecule has 0 aliphatic heterocycles. The maximum absolute atomic E-state index is 11.5. The number of carboxylic acid groups (broad SMARTS) is 1. The highest BCUT2D eigenvalue weighted by Crippen LogP contribution is 2.23. The van der Waals surface area contributed by atoms with Crippen LogP contribution < -0.4 is 10.6 Å². The van der Waals surface area contributed by atoms with Crippen molar-refractivity contribution in [3.05, 3.63) is 42.2 Å². The van der Waals surface area contributed by atoms with E-state index >= 15 is 0 Å².